The highest BCUT2D eigenvalue weighted by atomic mass is 19.1. The summed E-state index contributed by atoms with van der Waals surface area (Å²) in [5.41, 5.74) is 5.94. The maximum absolute atomic E-state index is 13.5. The fourth-order valence-electron chi connectivity index (χ4n) is 1.96. The molecule has 0 atom stereocenters. The first-order chi connectivity index (χ1) is 8.18. The predicted molar refractivity (Wildman–Crippen MR) is 65.3 cm³/mol. The molecule has 1 saturated heterocycles. The highest BCUT2D eigenvalue weighted by Gasteiger charge is 2.18. The number of benzene rings is 1. The van der Waals surface area contributed by atoms with E-state index in [9.17, 15) is 9.18 Å². The number of anilines is 2. The van der Waals surface area contributed by atoms with Gasteiger partial charge in [0.15, 0.2) is 0 Å². The number of urea groups is 1. The normalized spacial score (nSPS) is 15.7. The van der Waals surface area contributed by atoms with Gasteiger partial charge in [-0.1, -0.05) is 6.07 Å². The number of likely N-dealkylation sites (tertiary alicyclic amines) is 1. The zero-order valence-electron chi connectivity index (χ0n) is 9.58. The van der Waals surface area contributed by atoms with Gasteiger partial charge in [0, 0.05) is 13.1 Å². The van der Waals surface area contributed by atoms with Crippen molar-refractivity contribution in [2.24, 2.45) is 0 Å². The van der Waals surface area contributed by atoms with Crippen molar-refractivity contribution < 1.29 is 9.18 Å². The van der Waals surface area contributed by atoms with E-state index in [2.05, 4.69) is 5.32 Å². The first kappa shape index (κ1) is 11.7. The molecule has 4 nitrogen and oxygen atoms in total. The van der Waals surface area contributed by atoms with Crippen LogP contribution in [-0.2, 0) is 0 Å². The van der Waals surface area contributed by atoms with E-state index < -0.39 is 5.82 Å². The van der Waals surface area contributed by atoms with Gasteiger partial charge in [-0.25, -0.2) is 9.18 Å². The van der Waals surface area contributed by atoms with Gasteiger partial charge in [0.2, 0.25) is 0 Å². The number of hydrogen-bond acceptors (Lipinski definition) is 2. The van der Waals surface area contributed by atoms with Gasteiger partial charge in [-0.15, -0.1) is 0 Å². The Morgan fingerprint density at radius 2 is 2.00 bits per heavy atom. The fourth-order valence-corrected chi connectivity index (χ4v) is 1.96. The van der Waals surface area contributed by atoms with Crippen LogP contribution in [0.3, 0.4) is 0 Å². The van der Waals surface area contributed by atoms with E-state index in [1.807, 2.05) is 0 Å². The Labute approximate surface area is 99.6 Å². The molecule has 0 radical (unpaired) electrons. The molecular weight excluding hydrogens is 221 g/mol. The van der Waals surface area contributed by atoms with Crippen molar-refractivity contribution in [1.29, 1.82) is 0 Å². The Bertz CT molecular complexity index is 396. The van der Waals surface area contributed by atoms with Gasteiger partial charge in [-0.3, -0.25) is 0 Å². The average molecular weight is 237 g/mol. The number of carbonyl (C=O) groups is 1. The van der Waals surface area contributed by atoms with E-state index in [0.717, 1.165) is 32.4 Å². The van der Waals surface area contributed by atoms with Gasteiger partial charge in [0.1, 0.15) is 11.5 Å². The Balaban J connectivity index is 2.07. The Kier molecular flexibility index (Phi) is 3.46. The molecule has 2 rings (SSSR count). The van der Waals surface area contributed by atoms with Gasteiger partial charge >= 0.3 is 6.03 Å². The summed E-state index contributed by atoms with van der Waals surface area (Å²) in [7, 11) is 0. The maximum Gasteiger partial charge on any atom is 0.321 e. The van der Waals surface area contributed by atoms with Crippen molar-refractivity contribution in [3.05, 3.63) is 24.0 Å². The van der Waals surface area contributed by atoms with Gasteiger partial charge in [-0.2, -0.15) is 0 Å². The Morgan fingerprint density at radius 1 is 1.29 bits per heavy atom. The molecule has 2 amide bonds. The number of carbonyl (C=O) groups excluding carboxylic acids is 1. The predicted octanol–water partition coefficient (Wildman–Crippen LogP) is 2.43. The highest BCUT2D eigenvalue weighted by Crippen LogP contribution is 2.22. The molecule has 1 heterocycles. The number of nitrogens with one attached hydrogen (secondary N) is 1. The van der Waals surface area contributed by atoms with E-state index in [0.29, 0.717) is 0 Å². The van der Waals surface area contributed by atoms with Crippen LogP contribution in [0.5, 0.6) is 0 Å². The second-order valence-electron chi connectivity index (χ2n) is 4.18. The minimum atomic E-state index is -0.504. The lowest BCUT2D eigenvalue weighted by atomic mass is 10.1. The van der Waals surface area contributed by atoms with E-state index in [1.54, 1.807) is 11.0 Å². The molecule has 3 N–H and O–H groups in total. The SMILES string of the molecule is Nc1cccc(F)c1NC(=O)N1CCCCC1. The lowest BCUT2D eigenvalue weighted by molar-refractivity contribution is 0.200. The summed E-state index contributed by atoms with van der Waals surface area (Å²) in [5, 5.41) is 2.54. The summed E-state index contributed by atoms with van der Waals surface area (Å²) in [6, 6.07) is 4.08. The number of hydrogen-bond donors (Lipinski definition) is 2. The number of halogens is 1. The van der Waals surface area contributed by atoms with Crippen molar-refractivity contribution in [3.63, 3.8) is 0 Å². The van der Waals surface area contributed by atoms with Crippen LogP contribution in [0.25, 0.3) is 0 Å². The van der Waals surface area contributed by atoms with Crippen LogP contribution in [0.1, 0.15) is 19.3 Å². The van der Waals surface area contributed by atoms with Gasteiger partial charge < -0.3 is 16.0 Å². The number of rotatable bonds is 1. The molecule has 1 fully saturated rings. The largest absolute Gasteiger partial charge is 0.397 e. The summed E-state index contributed by atoms with van der Waals surface area (Å²) in [6.07, 6.45) is 3.14. The summed E-state index contributed by atoms with van der Waals surface area (Å²) >= 11 is 0. The van der Waals surface area contributed by atoms with E-state index in [4.69, 9.17) is 5.73 Å². The highest BCUT2D eigenvalue weighted by molar-refractivity contribution is 5.92. The van der Waals surface area contributed by atoms with Crippen LogP contribution < -0.4 is 11.1 Å². The van der Waals surface area contributed by atoms with Gasteiger partial charge in [-0.05, 0) is 31.4 Å². The van der Waals surface area contributed by atoms with Crippen LogP contribution in [-0.4, -0.2) is 24.0 Å². The number of nitrogens with two attached hydrogens (primary N) is 1. The molecule has 0 unspecified atom stereocenters. The van der Waals surface area contributed by atoms with Crippen LogP contribution in [0, 0.1) is 5.82 Å². The molecular formula is C12H16FN3O. The lowest BCUT2D eigenvalue weighted by Gasteiger charge is -2.27. The lowest BCUT2D eigenvalue weighted by Crippen LogP contribution is -2.39. The first-order valence-electron chi connectivity index (χ1n) is 5.78. The summed E-state index contributed by atoms with van der Waals surface area (Å²) < 4.78 is 13.5. The first-order valence-corrected chi connectivity index (χ1v) is 5.78. The second-order valence-corrected chi connectivity index (χ2v) is 4.18. The van der Waals surface area contributed by atoms with E-state index in [1.165, 1.54) is 12.1 Å². The summed E-state index contributed by atoms with van der Waals surface area (Å²) in [6.45, 7) is 1.44. The third kappa shape index (κ3) is 2.67. The number of para-hydroxylation sites is 1. The molecule has 92 valence electrons. The van der Waals surface area contributed by atoms with Crippen LogP contribution in [0.2, 0.25) is 0 Å². The molecule has 5 heteroatoms. The molecule has 0 saturated carbocycles. The Hall–Kier alpha value is -1.78. The van der Waals surface area contributed by atoms with Crippen LogP contribution >= 0.6 is 0 Å². The van der Waals surface area contributed by atoms with E-state index >= 15 is 0 Å². The standard InChI is InChI=1S/C12H16FN3O/c13-9-5-4-6-10(14)11(9)15-12(17)16-7-2-1-3-8-16/h4-6H,1-3,7-8,14H2,(H,15,17). The zero-order valence-corrected chi connectivity index (χ0v) is 9.58. The van der Waals surface area contributed by atoms with Crippen molar-refractivity contribution in [1.82, 2.24) is 4.90 Å². The number of amides is 2. The molecule has 0 aliphatic carbocycles. The molecule has 1 aliphatic heterocycles. The number of nitrogens with zero attached hydrogens (tertiary/aromatic N) is 1. The van der Waals surface area contributed by atoms with Gasteiger partial charge in [0.05, 0.1) is 5.69 Å². The number of nitrogen functional groups attached to an aromatic ring is 1. The van der Waals surface area contributed by atoms with Crippen molar-refractivity contribution in [3.8, 4) is 0 Å². The molecule has 0 aromatic heterocycles. The van der Waals surface area contributed by atoms with E-state index in [-0.39, 0.29) is 17.4 Å². The third-order valence-electron chi connectivity index (χ3n) is 2.92. The summed E-state index contributed by atoms with van der Waals surface area (Å²) in [4.78, 5) is 13.6. The van der Waals surface area contributed by atoms with Crippen molar-refractivity contribution >= 4 is 17.4 Å². The van der Waals surface area contributed by atoms with Crippen molar-refractivity contribution in [2.45, 2.75) is 19.3 Å². The Morgan fingerprint density at radius 3 is 2.65 bits per heavy atom. The fraction of sp³-hybridized carbons (Fsp3) is 0.417. The quantitative estimate of drug-likeness (QED) is 0.737. The van der Waals surface area contributed by atoms with Gasteiger partial charge in [0.25, 0.3) is 0 Å². The third-order valence-corrected chi connectivity index (χ3v) is 2.92. The molecule has 0 spiro atoms. The molecule has 17 heavy (non-hydrogen) atoms. The maximum atomic E-state index is 13.5. The number of piperidine rings is 1. The molecule has 1 aromatic rings. The minimum absolute atomic E-state index is 0.0723. The summed E-state index contributed by atoms with van der Waals surface area (Å²) in [5.74, 6) is -0.504. The second kappa shape index (κ2) is 5.03. The minimum Gasteiger partial charge on any atom is -0.397 e. The average Bonchev–Trinajstić information content (AvgIpc) is 2.35. The monoisotopic (exact) mass is 237 g/mol. The van der Waals surface area contributed by atoms with Crippen LogP contribution in [0.4, 0.5) is 20.6 Å². The topological polar surface area (TPSA) is 58.4 Å². The zero-order chi connectivity index (χ0) is 12.3. The molecule has 0 bridgehead atoms. The van der Waals surface area contributed by atoms with Crippen LogP contribution in [0.15, 0.2) is 18.2 Å². The smallest absolute Gasteiger partial charge is 0.321 e. The molecule has 1 aliphatic rings. The van der Waals surface area contributed by atoms with Crippen molar-refractivity contribution in [2.75, 3.05) is 24.1 Å². The molecule has 1 aromatic carbocycles.